The smallest absolute Gasteiger partial charge is 0.227 e. The van der Waals surface area contributed by atoms with Crippen molar-refractivity contribution < 1.29 is 9.53 Å². The van der Waals surface area contributed by atoms with E-state index >= 15 is 0 Å². The molecule has 1 unspecified atom stereocenters. The quantitative estimate of drug-likeness (QED) is 0.931. The molecule has 22 heavy (non-hydrogen) atoms. The van der Waals surface area contributed by atoms with Crippen molar-refractivity contribution in [1.29, 1.82) is 0 Å². The normalized spacial score (nSPS) is 22.3. The fraction of sp³-hybridized carbons (Fsp3) is 0.611. The summed E-state index contributed by atoms with van der Waals surface area (Å²) in [6.07, 6.45) is 2.66. The van der Waals surface area contributed by atoms with E-state index in [2.05, 4.69) is 25.2 Å². The zero-order valence-corrected chi connectivity index (χ0v) is 13.5. The number of carbonyl (C=O) groups is 1. The predicted molar refractivity (Wildman–Crippen MR) is 89.2 cm³/mol. The van der Waals surface area contributed by atoms with Crippen LogP contribution in [-0.4, -0.2) is 31.7 Å². The van der Waals surface area contributed by atoms with E-state index in [4.69, 9.17) is 4.74 Å². The first-order valence-corrected chi connectivity index (χ1v) is 8.39. The van der Waals surface area contributed by atoms with E-state index in [1.165, 1.54) is 0 Å². The highest BCUT2D eigenvalue weighted by atomic mass is 16.5. The Bertz CT molecular complexity index is 524. The van der Waals surface area contributed by atoms with Crippen molar-refractivity contribution in [2.75, 3.05) is 30.0 Å². The summed E-state index contributed by atoms with van der Waals surface area (Å²) < 4.78 is 5.40. The molecule has 1 saturated heterocycles. The van der Waals surface area contributed by atoms with Gasteiger partial charge in [-0.05, 0) is 36.8 Å². The van der Waals surface area contributed by atoms with Gasteiger partial charge in [-0.1, -0.05) is 26.0 Å². The molecule has 120 valence electrons. The van der Waals surface area contributed by atoms with Gasteiger partial charge in [-0.15, -0.1) is 0 Å². The van der Waals surface area contributed by atoms with Gasteiger partial charge in [-0.25, -0.2) is 0 Å². The van der Waals surface area contributed by atoms with Crippen molar-refractivity contribution >= 4 is 17.3 Å². The van der Waals surface area contributed by atoms with Gasteiger partial charge < -0.3 is 15.0 Å². The number of anilines is 2. The molecule has 1 atom stereocenters. The summed E-state index contributed by atoms with van der Waals surface area (Å²) in [6, 6.07) is 8.45. The van der Waals surface area contributed by atoms with E-state index in [1.54, 1.807) is 0 Å². The molecule has 1 amide bonds. The minimum atomic E-state index is 0.256. The Morgan fingerprint density at radius 1 is 1.32 bits per heavy atom. The third-order valence-electron chi connectivity index (χ3n) is 4.82. The maximum Gasteiger partial charge on any atom is 0.227 e. The second-order valence-electron chi connectivity index (χ2n) is 6.78. The molecule has 2 aliphatic rings. The Morgan fingerprint density at radius 2 is 2.05 bits per heavy atom. The van der Waals surface area contributed by atoms with Gasteiger partial charge in [0.25, 0.3) is 0 Å². The summed E-state index contributed by atoms with van der Waals surface area (Å²) in [5.41, 5.74) is 2.10. The molecule has 4 nitrogen and oxygen atoms in total. The molecule has 2 heterocycles. The topological polar surface area (TPSA) is 41.6 Å². The highest BCUT2D eigenvalue weighted by Gasteiger charge is 2.30. The standard InChI is InChI=1S/C18H26N2O2/c1-13(2)16-12-20(17-6-4-3-5-15(17)19-16)18(21)11-14-7-9-22-10-8-14/h3-6,13-14,16,19H,7-12H2,1-2H3. The molecular weight excluding hydrogens is 276 g/mol. The Kier molecular flexibility index (Phi) is 4.67. The molecule has 1 N–H and O–H groups in total. The van der Waals surface area contributed by atoms with Crippen LogP contribution in [0.5, 0.6) is 0 Å². The zero-order chi connectivity index (χ0) is 15.5. The number of nitrogens with one attached hydrogen (secondary N) is 1. The van der Waals surface area contributed by atoms with Crippen molar-refractivity contribution in [3.63, 3.8) is 0 Å². The van der Waals surface area contributed by atoms with Crippen LogP contribution in [0.1, 0.15) is 33.1 Å². The van der Waals surface area contributed by atoms with Gasteiger partial charge in [0.1, 0.15) is 0 Å². The minimum Gasteiger partial charge on any atom is -0.381 e. The molecule has 0 aromatic heterocycles. The van der Waals surface area contributed by atoms with Crippen LogP contribution in [0.15, 0.2) is 24.3 Å². The van der Waals surface area contributed by atoms with Crippen LogP contribution in [0.4, 0.5) is 11.4 Å². The van der Waals surface area contributed by atoms with Crippen LogP contribution in [0.25, 0.3) is 0 Å². The Labute approximate surface area is 132 Å². The third-order valence-corrected chi connectivity index (χ3v) is 4.82. The second kappa shape index (κ2) is 6.69. The van der Waals surface area contributed by atoms with Gasteiger partial charge >= 0.3 is 0 Å². The summed E-state index contributed by atoms with van der Waals surface area (Å²) in [4.78, 5) is 14.8. The SMILES string of the molecule is CC(C)C1CN(C(=O)CC2CCOCC2)c2ccccc2N1. The number of nitrogens with zero attached hydrogens (tertiary/aromatic N) is 1. The molecule has 0 spiro atoms. The summed E-state index contributed by atoms with van der Waals surface area (Å²) >= 11 is 0. The molecule has 1 fully saturated rings. The average molecular weight is 302 g/mol. The molecular formula is C18H26N2O2. The number of para-hydroxylation sites is 2. The summed E-state index contributed by atoms with van der Waals surface area (Å²) in [5.74, 6) is 1.22. The van der Waals surface area contributed by atoms with E-state index in [-0.39, 0.29) is 5.91 Å². The number of carbonyl (C=O) groups excluding carboxylic acids is 1. The number of ether oxygens (including phenoxy) is 1. The monoisotopic (exact) mass is 302 g/mol. The van der Waals surface area contributed by atoms with Gasteiger partial charge in [0.05, 0.1) is 11.4 Å². The van der Waals surface area contributed by atoms with Gasteiger partial charge in [-0.3, -0.25) is 4.79 Å². The number of amides is 1. The lowest BCUT2D eigenvalue weighted by molar-refractivity contribution is -0.120. The van der Waals surface area contributed by atoms with E-state index in [9.17, 15) is 4.79 Å². The van der Waals surface area contributed by atoms with Gasteiger partial charge in [0.2, 0.25) is 5.91 Å². The highest BCUT2D eigenvalue weighted by Crippen LogP contribution is 2.33. The lowest BCUT2D eigenvalue weighted by atomic mass is 9.94. The fourth-order valence-corrected chi connectivity index (χ4v) is 3.29. The van der Waals surface area contributed by atoms with Crippen molar-refractivity contribution in [1.82, 2.24) is 0 Å². The van der Waals surface area contributed by atoms with Crippen molar-refractivity contribution in [2.45, 2.75) is 39.2 Å². The molecule has 0 aliphatic carbocycles. The summed E-state index contributed by atoms with van der Waals surface area (Å²) in [6.45, 7) is 6.76. The molecule has 2 aliphatic heterocycles. The maximum absolute atomic E-state index is 12.9. The van der Waals surface area contributed by atoms with E-state index < -0.39 is 0 Å². The van der Waals surface area contributed by atoms with Crippen molar-refractivity contribution in [3.05, 3.63) is 24.3 Å². The Balaban J connectivity index is 1.77. The van der Waals surface area contributed by atoms with Crippen molar-refractivity contribution in [3.8, 4) is 0 Å². The van der Waals surface area contributed by atoms with Gasteiger partial charge in [0.15, 0.2) is 0 Å². The molecule has 0 bridgehead atoms. The average Bonchev–Trinajstić information content (AvgIpc) is 2.54. The highest BCUT2D eigenvalue weighted by molar-refractivity contribution is 5.98. The lowest BCUT2D eigenvalue weighted by Gasteiger charge is -2.38. The first-order chi connectivity index (χ1) is 10.6. The number of fused-ring (bicyclic) bond motifs is 1. The number of hydrogen-bond acceptors (Lipinski definition) is 3. The molecule has 0 saturated carbocycles. The van der Waals surface area contributed by atoms with Crippen LogP contribution in [-0.2, 0) is 9.53 Å². The number of hydrogen-bond donors (Lipinski definition) is 1. The maximum atomic E-state index is 12.9. The van der Waals surface area contributed by atoms with Crippen LogP contribution >= 0.6 is 0 Å². The van der Waals surface area contributed by atoms with E-state index in [1.807, 2.05) is 23.1 Å². The zero-order valence-electron chi connectivity index (χ0n) is 13.5. The predicted octanol–water partition coefficient (Wildman–Crippen LogP) is 3.29. The minimum absolute atomic E-state index is 0.256. The second-order valence-corrected chi connectivity index (χ2v) is 6.78. The molecule has 4 heteroatoms. The lowest BCUT2D eigenvalue weighted by Crippen LogP contribution is -2.47. The molecule has 3 rings (SSSR count). The molecule has 1 aromatic carbocycles. The third kappa shape index (κ3) is 3.27. The Hall–Kier alpha value is -1.55. The Morgan fingerprint density at radius 3 is 2.77 bits per heavy atom. The first kappa shape index (κ1) is 15.3. The van der Waals surface area contributed by atoms with Crippen LogP contribution in [0, 0.1) is 11.8 Å². The van der Waals surface area contributed by atoms with E-state index in [0.29, 0.717) is 24.3 Å². The summed E-state index contributed by atoms with van der Waals surface area (Å²) in [5, 5.41) is 3.57. The summed E-state index contributed by atoms with van der Waals surface area (Å²) in [7, 11) is 0. The van der Waals surface area contributed by atoms with Crippen molar-refractivity contribution in [2.24, 2.45) is 11.8 Å². The first-order valence-electron chi connectivity index (χ1n) is 8.39. The van der Waals surface area contributed by atoms with Crippen LogP contribution < -0.4 is 10.2 Å². The molecule has 0 radical (unpaired) electrons. The molecule has 1 aromatic rings. The van der Waals surface area contributed by atoms with Crippen LogP contribution in [0.3, 0.4) is 0 Å². The van der Waals surface area contributed by atoms with E-state index in [0.717, 1.165) is 44.0 Å². The number of rotatable bonds is 3. The largest absolute Gasteiger partial charge is 0.381 e. The van der Waals surface area contributed by atoms with Crippen LogP contribution in [0.2, 0.25) is 0 Å². The number of benzene rings is 1. The van der Waals surface area contributed by atoms with Gasteiger partial charge in [-0.2, -0.15) is 0 Å². The fourth-order valence-electron chi connectivity index (χ4n) is 3.29. The van der Waals surface area contributed by atoms with Gasteiger partial charge in [0, 0.05) is 32.2 Å².